The van der Waals surface area contributed by atoms with Crippen LogP contribution in [0.25, 0.3) is 11.0 Å². The molecule has 4 N–H and O–H groups in total. The van der Waals surface area contributed by atoms with Gasteiger partial charge in [-0.3, -0.25) is 14.4 Å². The Morgan fingerprint density at radius 1 is 1.33 bits per heavy atom. The zero-order valence-electron chi connectivity index (χ0n) is 14.5. The summed E-state index contributed by atoms with van der Waals surface area (Å²) in [5.41, 5.74) is 7.33. The van der Waals surface area contributed by atoms with Gasteiger partial charge in [-0.1, -0.05) is 17.3 Å². The van der Waals surface area contributed by atoms with E-state index in [1.807, 2.05) is 18.2 Å². The fourth-order valence-corrected chi connectivity index (χ4v) is 3.54. The maximum Gasteiger partial charge on any atom is 0.261 e. The number of carbonyl (C=O) groups is 2. The molecular formula is C19H18N4O4. The van der Waals surface area contributed by atoms with Crippen LogP contribution in [0, 0.1) is 0 Å². The molecule has 0 saturated carbocycles. The van der Waals surface area contributed by atoms with Crippen molar-refractivity contribution in [3.05, 3.63) is 63.2 Å². The van der Waals surface area contributed by atoms with E-state index in [0.29, 0.717) is 24.1 Å². The van der Waals surface area contributed by atoms with E-state index in [1.54, 1.807) is 6.07 Å². The number of aryl methyl sites for hydroxylation is 1. The molecule has 0 bridgehead atoms. The Hall–Kier alpha value is -3.42. The van der Waals surface area contributed by atoms with Crippen molar-refractivity contribution in [2.24, 2.45) is 5.73 Å². The fourth-order valence-electron chi connectivity index (χ4n) is 3.54. The van der Waals surface area contributed by atoms with Crippen LogP contribution in [0.3, 0.4) is 0 Å². The summed E-state index contributed by atoms with van der Waals surface area (Å²) in [7, 11) is 0. The molecule has 0 radical (unpaired) electrons. The lowest BCUT2D eigenvalue weighted by Gasteiger charge is -2.26. The van der Waals surface area contributed by atoms with Gasteiger partial charge in [-0.05, 0) is 43.0 Å². The van der Waals surface area contributed by atoms with Gasteiger partial charge in [0.1, 0.15) is 11.3 Å². The number of para-hydroxylation sites is 1. The van der Waals surface area contributed by atoms with Crippen molar-refractivity contribution in [3.8, 4) is 0 Å². The molecule has 4 rings (SSSR count). The van der Waals surface area contributed by atoms with Crippen LogP contribution in [0.2, 0.25) is 0 Å². The summed E-state index contributed by atoms with van der Waals surface area (Å²) >= 11 is 0. The lowest BCUT2D eigenvalue weighted by atomic mass is 9.90. The fraction of sp³-hybridized carbons (Fsp3) is 0.263. The highest BCUT2D eigenvalue weighted by molar-refractivity contribution is 5.92. The van der Waals surface area contributed by atoms with Crippen molar-refractivity contribution in [2.75, 3.05) is 0 Å². The van der Waals surface area contributed by atoms with E-state index in [-0.39, 0.29) is 23.9 Å². The summed E-state index contributed by atoms with van der Waals surface area (Å²) < 4.78 is 5.23. The average Bonchev–Trinajstić information content (AvgIpc) is 3.04. The Morgan fingerprint density at radius 2 is 2.15 bits per heavy atom. The van der Waals surface area contributed by atoms with Gasteiger partial charge in [0.15, 0.2) is 5.58 Å². The second kappa shape index (κ2) is 6.71. The summed E-state index contributed by atoms with van der Waals surface area (Å²) in [4.78, 5) is 38.7. The number of nitrogens with zero attached hydrogens (tertiary/aromatic N) is 1. The Balaban J connectivity index is 1.57. The molecule has 8 heteroatoms. The normalized spacial score (nSPS) is 16.1. The van der Waals surface area contributed by atoms with Crippen molar-refractivity contribution < 1.29 is 14.1 Å². The first-order chi connectivity index (χ1) is 13.0. The van der Waals surface area contributed by atoms with E-state index in [2.05, 4.69) is 15.5 Å². The number of hydrogen-bond donors (Lipinski definition) is 3. The van der Waals surface area contributed by atoms with E-state index in [0.717, 1.165) is 23.1 Å². The highest BCUT2D eigenvalue weighted by atomic mass is 16.5. The van der Waals surface area contributed by atoms with Gasteiger partial charge in [0.25, 0.3) is 11.5 Å². The largest absolute Gasteiger partial charge is 0.365 e. The van der Waals surface area contributed by atoms with E-state index in [1.165, 1.54) is 6.07 Å². The minimum Gasteiger partial charge on any atom is -0.365 e. The van der Waals surface area contributed by atoms with Crippen molar-refractivity contribution in [1.82, 2.24) is 15.5 Å². The van der Waals surface area contributed by atoms with Crippen molar-refractivity contribution >= 4 is 22.8 Å². The SMILES string of the molecule is NC(=O)c1cc2c([nH]c1=O)CCCC2NC(=O)Cc1noc2ccccc12. The predicted octanol–water partition coefficient (Wildman–Crippen LogP) is 1.35. The number of benzene rings is 1. The maximum absolute atomic E-state index is 12.6. The minimum absolute atomic E-state index is 0.0783. The molecule has 138 valence electrons. The molecule has 1 aliphatic rings. The van der Waals surface area contributed by atoms with Crippen LogP contribution in [-0.2, 0) is 17.6 Å². The van der Waals surface area contributed by atoms with E-state index in [4.69, 9.17) is 10.3 Å². The van der Waals surface area contributed by atoms with Crippen LogP contribution in [-0.4, -0.2) is 22.0 Å². The molecule has 27 heavy (non-hydrogen) atoms. The van der Waals surface area contributed by atoms with Crippen LogP contribution in [0.5, 0.6) is 0 Å². The lowest BCUT2D eigenvalue weighted by molar-refractivity contribution is -0.121. The monoisotopic (exact) mass is 366 g/mol. The van der Waals surface area contributed by atoms with Crippen LogP contribution >= 0.6 is 0 Å². The zero-order chi connectivity index (χ0) is 19.0. The van der Waals surface area contributed by atoms with Crippen molar-refractivity contribution in [3.63, 3.8) is 0 Å². The molecule has 1 unspecified atom stereocenters. The smallest absolute Gasteiger partial charge is 0.261 e. The van der Waals surface area contributed by atoms with Gasteiger partial charge in [-0.2, -0.15) is 0 Å². The number of aromatic nitrogens is 2. The number of nitrogens with two attached hydrogens (primary N) is 1. The number of hydrogen-bond acceptors (Lipinski definition) is 5. The molecule has 2 aromatic heterocycles. The summed E-state index contributed by atoms with van der Waals surface area (Å²) in [6, 6.07) is 8.55. The molecule has 2 heterocycles. The number of aromatic amines is 1. The topological polar surface area (TPSA) is 131 Å². The van der Waals surface area contributed by atoms with Gasteiger partial charge in [-0.25, -0.2) is 0 Å². The highest BCUT2D eigenvalue weighted by Crippen LogP contribution is 2.28. The molecule has 1 aliphatic carbocycles. The Bertz CT molecular complexity index is 1100. The lowest BCUT2D eigenvalue weighted by Crippen LogP contribution is -2.34. The van der Waals surface area contributed by atoms with E-state index < -0.39 is 11.5 Å². The third kappa shape index (κ3) is 3.21. The average molecular weight is 366 g/mol. The van der Waals surface area contributed by atoms with E-state index in [9.17, 15) is 14.4 Å². The molecule has 0 saturated heterocycles. The summed E-state index contributed by atoms with van der Waals surface area (Å²) in [6.45, 7) is 0. The number of amides is 2. The maximum atomic E-state index is 12.6. The molecule has 0 spiro atoms. The van der Waals surface area contributed by atoms with Gasteiger partial charge >= 0.3 is 0 Å². The first kappa shape index (κ1) is 17.0. The third-order valence-corrected chi connectivity index (χ3v) is 4.83. The highest BCUT2D eigenvalue weighted by Gasteiger charge is 2.25. The van der Waals surface area contributed by atoms with Crippen molar-refractivity contribution in [2.45, 2.75) is 31.7 Å². The number of fused-ring (bicyclic) bond motifs is 2. The summed E-state index contributed by atoms with van der Waals surface area (Å²) in [5.74, 6) is -0.998. The Morgan fingerprint density at radius 3 is 2.96 bits per heavy atom. The second-order valence-corrected chi connectivity index (χ2v) is 6.62. The molecular weight excluding hydrogens is 348 g/mol. The number of H-pyrrole nitrogens is 1. The van der Waals surface area contributed by atoms with Crippen LogP contribution in [0.4, 0.5) is 0 Å². The van der Waals surface area contributed by atoms with Crippen LogP contribution in [0.1, 0.15) is 46.2 Å². The van der Waals surface area contributed by atoms with E-state index >= 15 is 0 Å². The zero-order valence-corrected chi connectivity index (χ0v) is 14.5. The number of nitrogens with one attached hydrogen (secondary N) is 2. The standard InChI is InChI=1S/C19H18N4O4/c20-18(25)12-8-11-13(5-3-6-14(11)22-19(12)26)21-17(24)9-15-10-4-1-2-7-16(10)27-23-15/h1-2,4,7-8,13H,3,5-6,9H2,(H2,20,25)(H,21,24)(H,22,26). The van der Waals surface area contributed by atoms with Crippen molar-refractivity contribution in [1.29, 1.82) is 0 Å². The summed E-state index contributed by atoms with van der Waals surface area (Å²) in [6.07, 6.45) is 2.29. The van der Waals surface area contributed by atoms with Crippen LogP contribution in [0.15, 0.2) is 39.6 Å². The number of rotatable bonds is 4. The first-order valence-corrected chi connectivity index (χ1v) is 8.71. The first-order valence-electron chi connectivity index (χ1n) is 8.71. The number of pyridine rings is 1. The molecule has 1 atom stereocenters. The minimum atomic E-state index is -0.788. The molecule has 0 fully saturated rings. The van der Waals surface area contributed by atoms with Gasteiger partial charge in [0.05, 0.1) is 12.5 Å². The van der Waals surface area contributed by atoms with Gasteiger partial charge in [0, 0.05) is 11.1 Å². The van der Waals surface area contributed by atoms with Gasteiger partial charge in [-0.15, -0.1) is 0 Å². The van der Waals surface area contributed by atoms with Gasteiger partial charge < -0.3 is 20.6 Å². The second-order valence-electron chi connectivity index (χ2n) is 6.62. The molecule has 2 amide bonds. The molecule has 8 nitrogen and oxygen atoms in total. The Labute approximate surface area is 153 Å². The van der Waals surface area contributed by atoms with Gasteiger partial charge in [0.2, 0.25) is 5.91 Å². The quantitative estimate of drug-likeness (QED) is 0.641. The Kier molecular flexibility index (Phi) is 4.23. The summed E-state index contributed by atoms with van der Waals surface area (Å²) in [5, 5.41) is 7.75. The molecule has 1 aromatic carbocycles. The molecule has 0 aliphatic heterocycles. The number of carbonyl (C=O) groups excluding carboxylic acids is 2. The molecule has 3 aromatic rings. The predicted molar refractivity (Wildman–Crippen MR) is 97.1 cm³/mol. The number of primary amides is 1. The third-order valence-electron chi connectivity index (χ3n) is 4.83. The van der Waals surface area contributed by atoms with Crippen LogP contribution < -0.4 is 16.6 Å².